The second-order valence-corrected chi connectivity index (χ2v) is 3.79. The maximum absolute atomic E-state index is 13.2. The van der Waals surface area contributed by atoms with Crippen LogP contribution < -0.4 is 5.32 Å². The second kappa shape index (κ2) is 6.43. The molecule has 0 aliphatic heterocycles. The molecule has 1 aromatic heterocycles. The minimum atomic E-state index is -0.610. The number of aromatic nitrogens is 1. The summed E-state index contributed by atoms with van der Waals surface area (Å²) in [7, 11) is 0. The summed E-state index contributed by atoms with van der Waals surface area (Å²) in [6.07, 6.45) is 3.86. The molecule has 16 heavy (non-hydrogen) atoms. The lowest BCUT2D eigenvalue weighted by Gasteiger charge is -2.15. The van der Waals surface area contributed by atoms with Crippen LogP contribution in [0, 0.1) is 5.82 Å². The summed E-state index contributed by atoms with van der Waals surface area (Å²) in [6.45, 7) is 1.94. The first-order chi connectivity index (χ1) is 7.69. The number of pyridine rings is 1. The highest BCUT2D eigenvalue weighted by Gasteiger charge is 2.14. The quantitative estimate of drug-likeness (QED) is 0.808. The molecule has 0 bridgehead atoms. The van der Waals surface area contributed by atoms with E-state index in [1.54, 1.807) is 0 Å². The number of rotatable bonds is 5. The molecule has 3 nitrogen and oxygen atoms in total. The fourth-order valence-electron chi connectivity index (χ4n) is 1.33. The Balaban J connectivity index is 2.68. The predicted octanol–water partition coefficient (Wildman–Crippen LogP) is 2.36. The third-order valence-electron chi connectivity index (χ3n) is 2.30. The zero-order valence-electron chi connectivity index (χ0n) is 9.04. The molecule has 0 aliphatic rings. The monoisotopic (exact) mass is 244 g/mol. The van der Waals surface area contributed by atoms with Gasteiger partial charge in [-0.15, -0.1) is 11.6 Å². The molecule has 0 saturated carbocycles. The van der Waals surface area contributed by atoms with Crippen molar-refractivity contribution in [2.75, 3.05) is 5.88 Å². The maximum Gasteiger partial charge on any atom is 0.254 e. The topological polar surface area (TPSA) is 42.0 Å². The van der Waals surface area contributed by atoms with Gasteiger partial charge in [-0.3, -0.25) is 9.78 Å². The molecule has 0 fully saturated rings. The third kappa shape index (κ3) is 3.45. The Labute approximate surface area is 99.0 Å². The molecule has 0 radical (unpaired) electrons. The first-order valence-electron chi connectivity index (χ1n) is 5.15. The lowest BCUT2D eigenvalue weighted by molar-refractivity contribution is 0.0931. The van der Waals surface area contributed by atoms with Gasteiger partial charge in [0.15, 0.2) is 5.82 Å². The summed E-state index contributed by atoms with van der Waals surface area (Å²) in [5, 5.41) is 2.73. The maximum atomic E-state index is 13.2. The molecule has 0 saturated heterocycles. The van der Waals surface area contributed by atoms with Gasteiger partial charge in [0.05, 0.1) is 11.8 Å². The lowest BCUT2D eigenvalue weighted by Crippen LogP contribution is -2.35. The molecule has 1 N–H and O–H groups in total. The fourth-order valence-corrected chi connectivity index (χ4v) is 1.60. The average Bonchev–Trinajstić information content (AvgIpc) is 2.28. The van der Waals surface area contributed by atoms with Crippen LogP contribution in [0.15, 0.2) is 18.5 Å². The zero-order valence-corrected chi connectivity index (χ0v) is 9.80. The Morgan fingerprint density at radius 1 is 1.69 bits per heavy atom. The Kier molecular flexibility index (Phi) is 5.19. The van der Waals surface area contributed by atoms with Crippen molar-refractivity contribution in [2.45, 2.75) is 25.8 Å². The van der Waals surface area contributed by atoms with E-state index in [2.05, 4.69) is 10.3 Å². The molecule has 5 heteroatoms. The predicted molar refractivity (Wildman–Crippen MR) is 61.1 cm³/mol. The molecular formula is C11H14ClFN2O. The van der Waals surface area contributed by atoms with Crippen LogP contribution in [0.25, 0.3) is 0 Å². The van der Waals surface area contributed by atoms with Crippen molar-refractivity contribution in [3.63, 3.8) is 0 Å². The van der Waals surface area contributed by atoms with Gasteiger partial charge in [-0.25, -0.2) is 4.39 Å². The van der Waals surface area contributed by atoms with Gasteiger partial charge in [-0.2, -0.15) is 0 Å². The van der Waals surface area contributed by atoms with E-state index >= 15 is 0 Å². The molecule has 1 heterocycles. The Hall–Kier alpha value is -1.16. The summed E-state index contributed by atoms with van der Waals surface area (Å²) in [5.74, 6) is -0.560. The van der Waals surface area contributed by atoms with Gasteiger partial charge in [0.25, 0.3) is 5.91 Å². The Bertz CT molecular complexity index is 360. The van der Waals surface area contributed by atoms with Crippen molar-refractivity contribution in [1.82, 2.24) is 10.3 Å². The van der Waals surface area contributed by atoms with Crippen LogP contribution in [0.2, 0.25) is 0 Å². The van der Waals surface area contributed by atoms with E-state index in [0.717, 1.165) is 12.6 Å². The van der Waals surface area contributed by atoms with Crippen LogP contribution in [-0.2, 0) is 0 Å². The highest BCUT2D eigenvalue weighted by atomic mass is 35.5. The number of amides is 1. The normalized spacial score (nSPS) is 12.2. The van der Waals surface area contributed by atoms with Gasteiger partial charge in [0.2, 0.25) is 0 Å². The number of nitrogens with one attached hydrogen (secondary N) is 1. The van der Waals surface area contributed by atoms with Gasteiger partial charge in [-0.05, 0) is 18.9 Å². The van der Waals surface area contributed by atoms with Crippen molar-refractivity contribution in [2.24, 2.45) is 0 Å². The number of halogens is 2. The van der Waals surface area contributed by atoms with Crippen LogP contribution in [-0.4, -0.2) is 22.8 Å². The number of nitrogens with zero attached hydrogens (tertiary/aromatic N) is 1. The smallest absolute Gasteiger partial charge is 0.254 e. The van der Waals surface area contributed by atoms with Crippen LogP contribution in [0.5, 0.6) is 0 Å². The summed E-state index contributed by atoms with van der Waals surface area (Å²) in [4.78, 5) is 15.3. The standard InChI is InChI=1S/C11H14ClFN2O/c1-2-8(3-5-12)15-11(16)9-4-6-14-7-10(9)13/h4,6-8H,2-3,5H2,1H3,(H,15,16). The van der Waals surface area contributed by atoms with Crippen molar-refractivity contribution in [1.29, 1.82) is 0 Å². The molecule has 1 aromatic rings. The molecule has 1 amide bonds. The van der Waals surface area contributed by atoms with Crippen molar-refractivity contribution >= 4 is 17.5 Å². The van der Waals surface area contributed by atoms with E-state index < -0.39 is 11.7 Å². The molecule has 0 aliphatic carbocycles. The minimum Gasteiger partial charge on any atom is -0.349 e. The molecular weight excluding hydrogens is 231 g/mol. The molecule has 0 aromatic carbocycles. The lowest BCUT2D eigenvalue weighted by atomic mass is 10.1. The number of hydrogen-bond donors (Lipinski definition) is 1. The van der Waals surface area contributed by atoms with Crippen molar-refractivity contribution < 1.29 is 9.18 Å². The first kappa shape index (κ1) is 12.9. The average molecular weight is 245 g/mol. The zero-order chi connectivity index (χ0) is 12.0. The van der Waals surface area contributed by atoms with Crippen LogP contribution in [0.4, 0.5) is 4.39 Å². The Morgan fingerprint density at radius 2 is 2.44 bits per heavy atom. The Morgan fingerprint density at radius 3 is 3.00 bits per heavy atom. The molecule has 0 spiro atoms. The SMILES string of the molecule is CCC(CCCl)NC(=O)c1ccncc1F. The molecule has 1 unspecified atom stereocenters. The van der Waals surface area contributed by atoms with Crippen LogP contribution in [0.1, 0.15) is 30.1 Å². The highest BCUT2D eigenvalue weighted by Crippen LogP contribution is 2.06. The van der Waals surface area contributed by atoms with Crippen LogP contribution >= 0.6 is 11.6 Å². The highest BCUT2D eigenvalue weighted by molar-refractivity contribution is 6.17. The van der Waals surface area contributed by atoms with Gasteiger partial charge in [-0.1, -0.05) is 6.92 Å². The number of hydrogen-bond acceptors (Lipinski definition) is 2. The van der Waals surface area contributed by atoms with Crippen molar-refractivity contribution in [3.8, 4) is 0 Å². The van der Waals surface area contributed by atoms with Gasteiger partial charge in [0, 0.05) is 18.1 Å². The summed E-state index contributed by atoms with van der Waals surface area (Å²) in [5.41, 5.74) is 0.0167. The first-order valence-corrected chi connectivity index (χ1v) is 5.68. The third-order valence-corrected chi connectivity index (χ3v) is 2.52. The summed E-state index contributed by atoms with van der Waals surface area (Å²) < 4.78 is 13.2. The molecule has 1 rings (SSSR count). The number of alkyl halides is 1. The van der Waals surface area contributed by atoms with Crippen LogP contribution in [0.3, 0.4) is 0 Å². The van der Waals surface area contributed by atoms with Gasteiger partial charge >= 0.3 is 0 Å². The van der Waals surface area contributed by atoms with Gasteiger partial charge in [0.1, 0.15) is 0 Å². The summed E-state index contributed by atoms with van der Waals surface area (Å²) >= 11 is 5.60. The minimum absolute atomic E-state index is 0.0161. The number of carbonyl (C=O) groups is 1. The van der Waals surface area contributed by atoms with Gasteiger partial charge < -0.3 is 5.32 Å². The fraction of sp³-hybridized carbons (Fsp3) is 0.455. The van der Waals surface area contributed by atoms with E-state index in [-0.39, 0.29) is 11.6 Å². The second-order valence-electron chi connectivity index (χ2n) is 3.41. The van der Waals surface area contributed by atoms with Crippen molar-refractivity contribution in [3.05, 3.63) is 29.8 Å². The molecule has 1 atom stereocenters. The largest absolute Gasteiger partial charge is 0.349 e. The number of carbonyl (C=O) groups excluding carboxylic acids is 1. The van der Waals surface area contributed by atoms with E-state index in [4.69, 9.17) is 11.6 Å². The molecule has 88 valence electrons. The van der Waals surface area contributed by atoms with E-state index in [0.29, 0.717) is 12.3 Å². The van der Waals surface area contributed by atoms with E-state index in [9.17, 15) is 9.18 Å². The van der Waals surface area contributed by atoms with E-state index in [1.165, 1.54) is 12.3 Å². The van der Waals surface area contributed by atoms with E-state index in [1.807, 2.05) is 6.92 Å². The summed E-state index contributed by atoms with van der Waals surface area (Å²) in [6, 6.07) is 1.34.